The maximum Gasteiger partial charge on any atom is 0.320 e. The van der Waals surface area contributed by atoms with E-state index in [9.17, 15) is 4.79 Å². The average Bonchev–Trinajstić information content (AvgIpc) is 2.79. The maximum atomic E-state index is 10.8. The summed E-state index contributed by atoms with van der Waals surface area (Å²) in [5, 5.41) is 15.3. The minimum Gasteiger partial charge on any atom is -0.480 e. The number of nitrogens with two attached hydrogens (primary N) is 1. The summed E-state index contributed by atoms with van der Waals surface area (Å²) < 4.78 is 1.21. The molecule has 1 aromatic carbocycles. The molecule has 0 fully saturated rings. The van der Waals surface area contributed by atoms with Gasteiger partial charge in [0.05, 0.1) is 0 Å². The van der Waals surface area contributed by atoms with Crippen molar-refractivity contribution in [1.29, 1.82) is 0 Å². The van der Waals surface area contributed by atoms with Gasteiger partial charge in [-0.3, -0.25) is 4.79 Å². The van der Waals surface area contributed by atoms with E-state index in [2.05, 4.69) is 22.8 Å². The molecule has 5 heteroatoms. The lowest BCUT2D eigenvalue weighted by Crippen LogP contribution is -2.34. The number of carboxylic acids is 1. The van der Waals surface area contributed by atoms with E-state index in [1.54, 1.807) is 11.3 Å². The van der Waals surface area contributed by atoms with Crippen molar-refractivity contribution in [3.05, 3.63) is 35.2 Å². The van der Waals surface area contributed by atoms with Gasteiger partial charge in [0, 0.05) is 10.7 Å². The van der Waals surface area contributed by atoms with Crippen molar-refractivity contribution in [2.24, 2.45) is 5.73 Å². The number of fused-ring (bicyclic) bond motifs is 1. The molecule has 4 nitrogen and oxygen atoms in total. The first-order chi connectivity index (χ1) is 8.63. The Balaban J connectivity index is 2.30. The lowest BCUT2D eigenvalue weighted by atomic mass is 9.99. The van der Waals surface area contributed by atoms with Crippen LogP contribution in [0.4, 0.5) is 0 Å². The normalized spacial score (nSPS) is 14.6. The van der Waals surface area contributed by atoms with Crippen LogP contribution in [0.3, 0.4) is 0 Å². The van der Waals surface area contributed by atoms with Crippen molar-refractivity contribution in [2.45, 2.75) is 18.5 Å². The van der Waals surface area contributed by atoms with Crippen molar-refractivity contribution in [1.82, 2.24) is 5.32 Å². The summed E-state index contributed by atoms with van der Waals surface area (Å²) in [6.07, 6.45) is 0.382. The molecule has 2 aromatic rings. The van der Waals surface area contributed by atoms with E-state index in [0.29, 0.717) is 6.42 Å². The molecular weight excluding hydrogens is 248 g/mol. The molecule has 0 aliphatic heterocycles. The summed E-state index contributed by atoms with van der Waals surface area (Å²) in [6.45, 7) is 0. The predicted octanol–water partition coefficient (Wildman–Crippen LogP) is 1.96. The number of hydrogen-bond donors (Lipinski definition) is 3. The molecule has 0 saturated heterocycles. The van der Waals surface area contributed by atoms with Crippen molar-refractivity contribution in [2.75, 3.05) is 7.05 Å². The lowest BCUT2D eigenvalue weighted by molar-refractivity contribution is -0.138. The van der Waals surface area contributed by atoms with Gasteiger partial charge in [0.15, 0.2) is 0 Å². The molecule has 0 aliphatic rings. The quantitative estimate of drug-likeness (QED) is 0.771. The van der Waals surface area contributed by atoms with Crippen LogP contribution in [-0.2, 0) is 4.79 Å². The Bertz CT molecular complexity index is 553. The smallest absolute Gasteiger partial charge is 0.320 e. The van der Waals surface area contributed by atoms with Crippen molar-refractivity contribution >= 4 is 27.4 Å². The molecule has 0 bridgehead atoms. The van der Waals surface area contributed by atoms with Crippen LogP contribution in [0.1, 0.15) is 18.0 Å². The van der Waals surface area contributed by atoms with Gasteiger partial charge in [0.25, 0.3) is 0 Å². The third-order valence-electron chi connectivity index (χ3n) is 3.04. The van der Waals surface area contributed by atoms with Crippen LogP contribution in [-0.4, -0.2) is 24.2 Å². The monoisotopic (exact) mass is 264 g/mol. The number of aliphatic carboxylic acids is 1. The summed E-state index contributed by atoms with van der Waals surface area (Å²) >= 11 is 1.66. The molecule has 2 rings (SSSR count). The highest BCUT2D eigenvalue weighted by atomic mass is 32.1. The SMILES string of the molecule is CNC(CC(N)C(=O)O)c1csc2ccccc12. The third kappa shape index (κ3) is 2.53. The van der Waals surface area contributed by atoms with E-state index in [1.807, 2.05) is 19.2 Å². The highest BCUT2D eigenvalue weighted by Crippen LogP contribution is 2.31. The largest absolute Gasteiger partial charge is 0.480 e. The van der Waals surface area contributed by atoms with E-state index < -0.39 is 12.0 Å². The highest BCUT2D eigenvalue weighted by Gasteiger charge is 2.21. The van der Waals surface area contributed by atoms with Gasteiger partial charge >= 0.3 is 5.97 Å². The number of carboxylic acid groups (broad SMARTS) is 1. The number of nitrogens with one attached hydrogen (secondary N) is 1. The molecule has 96 valence electrons. The molecule has 0 saturated carbocycles. The summed E-state index contributed by atoms with van der Waals surface area (Å²) in [4.78, 5) is 10.8. The molecule has 0 spiro atoms. The predicted molar refractivity (Wildman–Crippen MR) is 73.9 cm³/mol. The van der Waals surface area contributed by atoms with E-state index in [1.165, 1.54) is 10.1 Å². The summed E-state index contributed by atoms with van der Waals surface area (Å²) in [6, 6.07) is 7.22. The van der Waals surface area contributed by atoms with Gasteiger partial charge in [-0.2, -0.15) is 0 Å². The topological polar surface area (TPSA) is 75.3 Å². The van der Waals surface area contributed by atoms with Crippen LogP contribution in [0.25, 0.3) is 10.1 Å². The maximum absolute atomic E-state index is 10.8. The van der Waals surface area contributed by atoms with E-state index in [4.69, 9.17) is 10.8 Å². The highest BCUT2D eigenvalue weighted by molar-refractivity contribution is 7.17. The zero-order valence-electron chi connectivity index (χ0n) is 10.1. The Morgan fingerprint density at radius 1 is 1.50 bits per heavy atom. The number of rotatable bonds is 5. The molecule has 0 radical (unpaired) electrons. The van der Waals surface area contributed by atoms with Crippen LogP contribution in [0.15, 0.2) is 29.6 Å². The van der Waals surface area contributed by atoms with Crippen LogP contribution < -0.4 is 11.1 Å². The number of carbonyl (C=O) groups is 1. The van der Waals surface area contributed by atoms with Crippen LogP contribution >= 0.6 is 11.3 Å². The second kappa shape index (κ2) is 5.48. The molecule has 1 aromatic heterocycles. The zero-order chi connectivity index (χ0) is 13.1. The standard InChI is InChI=1S/C13H16N2O2S/c1-15-11(6-10(14)13(16)17)9-7-18-12-5-3-2-4-8(9)12/h2-5,7,10-11,15H,6,14H2,1H3,(H,16,17). The van der Waals surface area contributed by atoms with Gasteiger partial charge in [-0.05, 0) is 35.9 Å². The fourth-order valence-electron chi connectivity index (χ4n) is 2.02. The molecule has 4 N–H and O–H groups in total. The van der Waals surface area contributed by atoms with Gasteiger partial charge in [0.1, 0.15) is 6.04 Å². The number of thiophene rings is 1. The van der Waals surface area contributed by atoms with Gasteiger partial charge in [-0.1, -0.05) is 18.2 Å². The fourth-order valence-corrected chi connectivity index (χ4v) is 3.04. The zero-order valence-corrected chi connectivity index (χ0v) is 10.9. The Hall–Kier alpha value is -1.43. The van der Waals surface area contributed by atoms with E-state index in [-0.39, 0.29) is 6.04 Å². The third-order valence-corrected chi connectivity index (χ3v) is 4.02. The van der Waals surface area contributed by atoms with Gasteiger partial charge in [-0.15, -0.1) is 11.3 Å². The Labute approximate surface area is 109 Å². The van der Waals surface area contributed by atoms with Gasteiger partial charge in [-0.25, -0.2) is 0 Å². The summed E-state index contributed by atoms with van der Waals surface area (Å²) in [5.74, 6) is -0.963. The minimum atomic E-state index is -0.963. The number of benzene rings is 1. The molecular formula is C13H16N2O2S. The summed E-state index contributed by atoms with van der Waals surface area (Å²) in [5.41, 5.74) is 6.73. The number of hydrogen-bond acceptors (Lipinski definition) is 4. The molecule has 1 heterocycles. The Kier molecular flexibility index (Phi) is 3.96. The first-order valence-corrected chi connectivity index (χ1v) is 6.63. The lowest BCUT2D eigenvalue weighted by Gasteiger charge is -2.18. The van der Waals surface area contributed by atoms with Gasteiger partial charge < -0.3 is 16.2 Å². The van der Waals surface area contributed by atoms with Crippen LogP contribution in [0.2, 0.25) is 0 Å². The van der Waals surface area contributed by atoms with Crippen LogP contribution in [0, 0.1) is 0 Å². The molecule has 18 heavy (non-hydrogen) atoms. The Morgan fingerprint density at radius 3 is 2.89 bits per heavy atom. The van der Waals surface area contributed by atoms with Crippen molar-refractivity contribution in [3.63, 3.8) is 0 Å². The molecule has 0 aliphatic carbocycles. The fraction of sp³-hybridized carbons (Fsp3) is 0.308. The second-order valence-electron chi connectivity index (χ2n) is 4.21. The van der Waals surface area contributed by atoms with E-state index >= 15 is 0 Å². The van der Waals surface area contributed by atoms with Crippen molar-refractivity contribution in [3.8, 4) is 0 Å². The van der Waals surface area contributed by atoms with Crippen LogP contribution in [0.5, 0.6) is 0 Å². The molecule has 2 atom stereocenters. The molecule has 0 amide bonds. The van der Waals surface area contributed by atoms with Crippen molar-refractivity contribution < 1.29 is 9.90 Å². The van der Waals surface area contributed by atoms with E-state index in [0.717, 1.165) is 5.56 Å². The minimum absolute atomic E-state index is 0.0350. The molecule has 2 unspecified atom stereocenters. The second-order valence-corrected chi connectivity index (χ2v) is 5.12. The first-order valence-electron chi connectivity index (χ1n) is 5.75. The summed E-state index contributed by atoms with van der Waals surface area (Å²) in [7, 11) is 1.83. The average molecular weight is 264 g/mol. The first kappa shape index (κ1) is 13.0. The Morgan fingerprint density at radius 2 is 2.22 bits per heavy atom. The van der Waals surface area contributed by atoms with Gasteiger partial charge in [0.2, 0.25) is 0 Å².